The van der Waals surface area contributed by atoms with Gasteiger partial charge in [0.15, 0.2) is 0 Å². The van der Waals surface area contributed by atoms with Gasteiger partial charge in [0.2, 0.25) is 0 Å². The fourth-order valence-corrected chi connectivity index (χ4v) is 6.76. The van der Waals surface area contributed by atoms with Gasteiger partial charge in [0.05, 0.1) is 31.5 Å². The maximum absolute atomic E-state index is 12.2. The monoisotopic (exact) mass is 472 g/mol. The lowest BCUT2D eigenvalue weighted by molar-refractivity contribution is -0.307. The number of aliphatic hydroxyl groups is 3. The Morgan fingerprint density at radius 1 is 1.15 bits per heavy atom. The molecule has 33 heavy (non-hydrogen) atoms. The highest BCUT2D eigenvalue weighted by Crippen LogP contribution is 2.75. The third-order valence-electron chi connectivity index (χ3n) is 10.3. The van der Waals surface area contributed by atoms with Crippen LogP contribution in [-0.2, 0) is 14.3 Å². The second kappa shape index (κ2) is 8.71. The van der Waals surface area contributed by atoms with Crippen LogP contribution in [-0.4, -0.2) is 69.2 Å². The molecule has 0 aromatic heterocycles. The number of hydrogen-bond donors (Lipinski definition) is 4. The molecule has 4 rings (SSSR count). The first-order chi connectivity index (χ1) is 14.8. The Hall–Kier alpha value is -0.770. The molecule has 4 aliphatic rings. The number of carboxylic acid groups (broad SMARTS) is 1. The summed E-state index contributed by atoms with van der Waals surface area (Å²) in [4.78, 5) is 12.2. The average Bonchev–Trinajstić information content (AvgIpc) is 3.56. The molecule has 192 valence electrons. The first-order valence-electron chi connectivity index (χ1n) is 12.3. The van der Waals surface area contributed by atoms with E-state index in [1.54, 1.807) is 6.92 Å². The van der Waals surface area contributed by atoms with Gasteiger partial charge in [-0.15, -0.1) is 0 Å². The van der Waals surface area contributed by atoms with E-state index in [4.69, 9.17) is 9.47 Å². The molecule has 0 spiro atoms. The molecular formula is C25H44O8. The van der Waals surface area contributed by atoms with Crippen LogP contribution in [0.1, 0.15) is 73.1 Å². The van der Waals surface area contributed by atoms with Crippen molar-refractivity contribution in [2.24, 2.45) is 39.9 Å². The minimum absolute atomic E-state index is 0. The lowest BCUT2D eigenvalue weighted by Crippen LogP contribution is -2.57. The number of aliphatic hydroxyl groups excluding tert-OH is 3. The van der Waals surface area contributed by atoms with Crippen molar-refractivity contribution in [1.29, 1.82) is 0 Å². The lowest BCUT2D eigenvalue weighted by Gasteiger charge is -2.44. The van der Waals surface area contributed by atoms with E-state index >= 15 is 0 Å². The Bertz CT molecular complexity index is 742. The topological polar surface area (TPSA) is 148 Å². The number of carboxylic acids is 1. The quantitative estimate of drug-likeness (QED) is 0.401. The minimum atomic E-state index is -1.93. The van der Waals surface area contributed by atoms with Gasteiger partial charge in [-0.05, 0) is 59.7 Å². The molecule has 1 heterocycles. The van der Waals surface area contributed by atoms with E-state index in [-0.39, 0.29) is 36.3 Å². The van der Waals surface area contributed by atoms with Crippen LogP contribution in [0.25, 0.3) is 0 Å². The number of ether oxygens (including phenoxy) is 2. The SMILES string of the molecule is CC1C(O)CC(OCC2(C)CC2CC2CC3CC3(C)C2(C)C)(C(=O)O)OC1CC(O)CO.O. The molecule has 0 radical (unpaired) electrons. The normalized spacial score (nSPS) is 48.5. The van der Waals surface area contributed by atoms with Crippen molar-refractivity contribution in [2.75, 3.05) is 13.2 Å². The summed E-state index contributed by atoms with van der Waals surface area (Å²) < 4.78 is 11.9. The zero-order chi connectivity index (χ0) is 23.7. The molecule has 1 saturated heterocycles. The highest BCUT2D eigenvalue weighted by molar-refractivity contribution is 5.76. The molecule has 8 heteroatoms. The highest BCUT2D eigenvalue weighted by Gasteiger charge is 2.68. The summed E-state index contributed by atoms with van der Waals surface area (Å²) in [6.45, 7) is 11.0. The molecule has 3 saturated carbocycles. The second-order valence-electron chi connectivity index (χ2n) is 12.5. The first-order valence-corrected chi connectivity index (χ1v) is 12.3. The molecular weight excluding hydrogens is 428 g/mol. The maximum atomic E-state index is 12.2. The molecule has 8 nitrogen and oxygen atoms in total. The maximum Gasteiger partial charge on any atom is 0.364 e. The van der Waals surface area contributed by atoms with Crippen LogP contribution in [0.4, 0.5) is 0 Å². The van der Waals surface area contributed by atoms with Crippen LogP contribution in [0.3, 0.4) is 0 Å². The fourth-order valence-electron chi connectivity index (χ4n) is 6.76. The van der Waals surface area contributed by atoms with Gasteiger partial charge in [0.25, 0.3) is 5.79 Å². The highest BCUT2D eigenvalue weighted by atomic mass is 16.7. The van der Waals surface area contributed by atoms with Crippen LogP contribution in [0.2, 0.25) is 0 Å². The van der Waals surface area contributed by atoms with Gasteiger partial charge >= 0.3 is 5.97 Å². The minimum Gasteiger partial charge on any atom is -0.477 e. The molecule has 0 bridgehead atoms. The first kappa shape index (κ1) is 26.8. The molecule has 0 amide bonds. The van der Waals surface area contributed by atoms with Crippen LogP contribution in [0.5, 0.6) is 0 Å². The molecule has 0 aromatic rings. The number of fused-ring (bicyclic) bond motifs is 1. The van der Waals surface area contributed by atoms with Gasteiger partial charge in [-0.3, -0.25) is 0 Å². The number of carbonyl (C=O) groups is 1. The van der Waals surface area contributed by atoms with Gasteiger partial charge in [-0.2, -0.15) is 0 Å². The van der Waals surface area contributed by atoms with Crippen molar-refractivity contribution in [3.05, 3.63) is 0 Å². The Kier molecular flexibility index (Phi) is 7.08. The van der Waals surface area contributed by atoms with Crippen molar-refractivity contribution in [2.45, 2.75) is 97.2 Å². The largest absolute Gasteiger partial charge is 0.477 e. The number of rotatable bonds is 9. The van der Waals surface area contributed by atoms with Gasteiger partial charge in [0.1, 0.15) is 0 Å². The molecule has 6 N–H and O–H groups in total. The number of hydrogen-bond acceptors (Lipinski definition) is 6. The van der Waals surface area contributed by atoms with E-state index in [9.17, 15) is 25.2 Å². The van der Waals surface area contributed by atoms with Crippen LogP contribution < -0.4 is 0 Å². The molecule has 4 fully saturated rings. The van der Waals surface area contributed by atoms with Gasteiger partial charge < -0.3 is 35.4 Å². The Labute approximate surface area is 197 Å². The van der Waals surface area contributed by atoms with Crippen molar-refractivity contribution < 1.29 is 40.2 Å². The van der Waals surface area contributed by atoms with Gasteiger partial charge in [-0.1, -0.05) is 34.6 Å². The predicted molar refractivity (Wildman–Crippen MR) is 121 cm³/mol. The standard InChI is InChI=1S/C25H42O7.H2O/c1-14-19(28)11-25(21(29)30,32-20(14)8-18(27)12-26)31-13-23(4)9-16(23)6-15-7-17-10-24(17,5)22(15,2)3;/h14-20,26-28H,6-13H2,1-5H3,(H,29,30);1H2. The van der Waals surface area contributed by atoms with Crippen molar-refractivity contribution >= 4 is 5.97 Å². The summed E-state index contributed by atoms with van der Waals surface area (Å²) in [5, 5.41) is 39.5. The van der Waals surface area contributed by atoms with Crippen LogP contribution in [0.15, 0.2) is 0 Å². The Morgan fingerprint density at radius 2 is 1.82 bits per heavy atom. The third kappa shape index (κ3) is 4.47. The smallest absolute Gasteiger partial charge is 0.364 e. The van der Waals surface area contributed by atoms with E-state index in [1.165, 1.54) is 12.8 Å². The fraction of sp³-hybridized carbons (Fsp3) is 0.960. The van der Waals surface area contributed by atoms with E-state index < -0.39 is 36.7 Å². The van der Waals surface area contributed by atoms with Gasteiger partial charge in [-0.25, -0.2) is 4.79 Å². The van der Waals surface area contributed by atoms with Crippen LogP contribution >= 0.6 is 0 Å². The molecule has 3 aliphatic carbocycles. The number of aliphatic carboxylic acids is 1. The average molecular weight is 473 g/mol. The van der Waals surface area contributed by atoms with Crippen molar-refractivity contribution in [3.63, 3.8) is 0 Å². The van der Waals surface area contributed by atoms with E-state index in [0.29, 0.717) is 22.7 Å². The zero-order valence-corrected chi connectivity index (χ0v) is 20.7. The van der Waals surface area contributed by atoms with E-state index in [0.717, 1.165) is 18.8 Å². The van der Waals surface area contributed by atoms with Crippen LogP contribution in [0, 0.1) is 39.9 Å². The summed E-state index contributed by atoms with van der Waals surface area (Å²) in [7, 11) is 0. The zero-order valence-electron chi connectivity index (χ0n) is 20.7. The summed E-state index contributed by atoms with van der Waals surface area (Å²) >= 11 is 0. The van der Waals surface area contributed by atoms with E-state index in [1.807, 2.05) is 0 Å². The summed E-state index contributed by atoms with van der Waals surface area (Å²) in [5.41, 5.74) is 0.755. The van der Waals surface area contributed by atoms with Crippen molar-refractivity contribution in [3.8, 4) is 0 Å². The molecule has 10 unspecified atom stereocenters. The Morgan fingerprint density at radius 3 is 2.36 bits per heavy atom. The Balaban J connectivity index is 0.00000306. The van der Waals surface area contributed by atoms with Gasteiger partial charge in [0, 0.05) is 18.8 Å². The molecule has 1 aliphatic heterocycles. The third-order valence-corrected chi connectivity index (χ3v) is 10.3. The molecule has 10 atom stereocenters. The summed E-state index contributed by atoms with van der Waals surface area (Å²) in [6.07, 6.45) is 2.05. The van der Waals surface area contributed by atoms with Crippen molar-refractivity contribution in [1.82, 2.24) is 0 Å². The second-order valence-corrected chi connectivity index (χ2v) is 12.5. The summed E-state index contributed by atoms with van der Waals surface area (Å²) in [5.74, 6) is -1.47. The summed E-state index contributed by atoms with van der Waals surface area (Å²) in [6, 6.07) is 0. The van der Waals surface area contributed by atoms with E-state index in [2.05, 4.69) is 27.7 Å². The lowest BCUT2D eigenvalue weighted by atomic mass is 9.69. The predicted octanol–water partition coefficient (Wildman–Crippen LogP) is 1.98. The molecule has 0 aromatic carbocycles.